The molecule has 0 radical (unpaired) electrons. The third kappa shape index (κ3) is 1.97. The van der Waals surface area contributed by atoms with E-state index >= 15 is 0 Å². The van der Waals surface area contributed by atoms with Crippen molar-refractivity contribution in [1.82, 2.24) is 14.3 Å². The first-order valence-corrected chi connectivity index (χ1v) is 6.71. The number of rotatable bonds is 3. The van der Waals surface area contributed by atoms with Gasteiger partial charge >= 0.3 is 0 Å². The largest absolute Gasteiger partial charge is 0.343 e. The summed E-state index contributed by atoms with van der Waals surface area (Å²) < 4.78 is 1.70. The molecule has 4 heteroatoms. The first kappa shape index (κ1) is 11.5. The van der Waals surface area contributed by atoms with Gasteiger partial charge in [-0.15, -0.1) is 0 Å². The van der Waals surface area contributed by atoms with Crippen molar-refractivity contribution in [1.29, 1.82) is 0 Å². The molecule has 3 rings (SSSR count). The summed E-state index contributed by atoms with van der Waals surface area (Å²) in [4.78, 5) is 17.5. The number of nitrogens with zero attached hydrogens (tertiary/aromatic N) is 2. The lowest BCUT2D eigenvalue weighted by Gasteiger charge is -2.21. The molecule has 2 aromatic heterocycles. The zero-order valence-electron chi connectivity index (χ0n) is 10.7. The molecule has 0 saturated carbocycles. The molecule has 0 bridgehead atoms. The van der Waals surface area contributed by atoms with E-state index in [4.69, 9.17) is 0 Å². The van der Waals surface area contributed by atoms with E-state index in [2.05, 4.69) is 16.8 Å². The number of hydrogen-bond donors (Lipinski definition) is 1. The molecule has 4 nitrogen and oxygen atoms in total. The van der Waals surface area contributed by atoms with Crippen LogP contribution in [0.4, 0.5) is 0 Å². The number of aromatic amines is 1. The van der Waals surface area contributed by atoms with Crippen LogP contribution in [0.5, 0.6) is 0 Å². The van der Waals surface area contributed by atoms with Crippen LogP contribution in [-0.2, 0) is 6.42 Å². The molecule has 2 aromatic rings. The van der Waals surface area contributed by atoms with E-state index in [1.54, 1.807) is 16.5 Å². The van der Waals surface area contributed by atoms with Crippen LogP contribution in [0.2, 0.25) is 0 Å². The van der Waals surface area contributed by atoms with Crippen molar-refractivity contribution < 1.29 is 0 Å². The van der Waals surface area contributed by atoms with Gasteiger partial charge < -0.3 is 9.88 Å². The van der Waals surface area contributed by atoms with Gasteiger partial charge in [-0.1, -0.05) is 13.0 Å². The van der Waals surface area contributed by atoms with Crippen LogP contribution in [0.1, 0.15) is 25.5 Å². The van der Waals surface area contributed by atoms with Crippen LogP contribution in [0.3, 0.4) is 0 Å². The van der Waals surface area contributed by atoms with Gasteiger partial charge in [0.05, 0.1) is 0 Å². The van der Waals surface area contributed by atoms with Gasteiger partial charge in [0.2, 0.25) is 0 Å². The van der Waals surface area contributed by atoms with Crippen LogP contribution in [0.25, 0.3) is 5.65 Å². The van der Waals surface area contributed by atoms with Crippen molar-refractivity contribution in [3.63, 3.8) is 0 Å². The summed E-state index contributed by atoms with van der Waals surface area (Å²) in [7, 11) is 0. The van der Waals surface area contributed by atoms with Crippen molar-refractivity contribution in [2.45, 2.75) is 32.2 Å². The molecule has 1 N–H and O–H groups in total. The Balaban J connectivity index is 1.87. The van der Waals surface area contributed by atoms with Gasteiger partial charge in [-0.25, -0.2) is 0 Å². The summed E-state index contributed by atoms with van der Waals surface area (Å²) in [6.45, 7) is 4.54. The van der Waals surface area contributed by atoms with Gasteiger partial charge in [0.25, 0.3) is 5.56 Å². The standard InChI is InChI=1S/C14H19N3O/c1-2-16-8-4-5-12(16)9-11-10-17-13(15-11)6-3-7-14(17)18/h3,6-7,10,12,15H,2,4-5,8-9H2,1H3. The lowest BCUT2D eigenvalue weighted by Crippen LogP contribution is -2.30. The first-order valence-electron chi connectivity index (χ1n) is 6.71. The molecule has 0 spiro atoms. The van der Waals surface area contributed by atoms with Gasteiger partial charge in [0.1, 0.15) is 5.65 Å². The molecule has 1 aliphatic rings. The van der Waals surface area contributed by atoms with Crippen LogP contribution in [0.15, 0.2) is 29.2 Å². The van der Waals surface area contributed by atoms with E-state index in [0.717, 1.165) is 24.3 Å². The zero-order chi connectivity index (χ0) is 12.5. The summed E-state index contributed by atoms with van der Waals surface area (Å²) >= 11 is 0. The molecule has 0 amide bonds. The second kappa shape index (κ2) is 4.61. The molecular formula is C14H19N3O. The number of likely N-dealkylation sites (N-methyl/N-ethyl adjacent to an activating group) is 1. The molecule has 3 heterocycles. The fourth-order valence-corrected chi connectivity index (χ4v) is 2.99. The Kier molecular flexibility index (Phi) is 2.96. The number of nitrogens with one attached hydrogen (secondary N) is 1. The van der Waals surface area contributed by atoms with Crippen LogP contribution < -0.4 is 5.56 Å². The molecule has 96 valence electrons. The molecule has 18 heavy (non-hydrogen) atoms. The average molecular weight is 245 g/mol. The second-order valence-electron chi connectivity index (χ2n) is 5.03. The van der Waals surface area contributed by atoms with Gasteiger partial charge in [-0.05, 0) is 32.0 Å². The van der Waals surface area contributed by atoms with E-state index in [-0.39, 0.29) is 5.56 Å². The lowest BCUT2D eigenvalue weighted by molar-refractivity contribution is 0.265. The molecule has 0 aliphatic carbocycles. The van der Waals surface area contributed by atoms with Crippen LogP contribution in [0, 0.1) is 0 Å². The monoisotopic (exact) mass is 245 g/mol. The summed E-state index contributed by atoms with van der Waals surface area (Å²) in [6.07, 6.45) is 5.51. The maximum absolute atomic E-state index is 11.7. The number of H-pyrrole nitrogens is 1. The summed E-state index contributed by atoms with van der Waals surface area (Å²) in [5.41, 5.74) is 2.08. The minimum Gasteiger partial charge on any atom is -0.343 e. The fourth-order valence-electron chi connectivity index (χ4n) is 2.99. The predicted octanol–water partition coefficient (Wildman–Crippen LogP) is 1.65. The number of aromatic nitrogens is 2. The first-order chi connectivity index (χ1) is 8.78. The van der Waals surface area contributed by atoms with E-state index in [0.29, 0.717) is 6.04 Å². The smallest absolute Gasteiger partial charge is 0.256 e. The van der Waals surface area contributed by atoms with Crippen molar-refractivity contribution in [2.24, 2.45) is 0 Å². The fraction of sp³-hybridized carbons (Fsp3) is 0.500. The van der Waals surface area contributed by atoms with Gasteiger partial charge in [-0.3, -0.25) is 9.20 Å². The van der Waals surface area contributed by atoms with Crippen LogP contribution >= 0.6 is 0 Å². The molecule has 1 fully saturated rings. The van der Waals surface area contributed by atoms with E-state index in [9.17, 15) is 4.79 Å². The Morgan fingerprint density at radius 3 is 3.11 bits per heavy atom. The second-order valence-corrected chi connectivity index (χ2v) is 5.03. The van der Waals surface area contributed by atoms with Gasteiger partial charge in [0, 0.05) is 30.4 Å². The SMILES string of the molecule is CCN1CCCC1Cc1cn2c(=O)cccc2[nH]1. The topological polar surface area (TPSA) is 40.5 Å². The van der Waals surface area contributed by atoms with E-state index in [1.165, 1.54) is 19.4 Å². The predicted molar refractivity (Wildman–Crippen MR) is 72.0 cm³/mol. The highest BCUT2D eigenvalue weighted by molar-refractivity contribution is 5.39. The van der Waals surface area contributed by atoms with E-state index < -0.39 is 0 Å². The molecule has 1 aliphatic heterocycles. The third-order valence-electron chi connectivity index (χ3n) is 3.92. The number of likely N-dealkylation sites (tertiary alicyclic amines) is 1. The zero-order valence-corrected chi connectivity index (χ0v) is 10.7. The molecule has 0 aromatic carbocycles. The third-order valence-corrected chi connectivity index (χ3v) is 3.92. The Labute approximate surface area is 106 Å². The summed E-state index contributed by atoms with van der Waals surface area (Å²) in [5.74, 6) is 0. The summed E-state index contributed by atoms with van der Waals surface area (Å²) in [6, 6.07) is 5.96. The number of pyridine rings is 1. The minimum absolute atomic E-state index is 0.0359. The highest BCUT2D eigenvalue weighted by Gasteiger charge is 2.23. The summed E-state index contributed by atoms with van der Waals surface area (Å²) in [5, 5.41) is 0. The molecule has 1 unspecified atom stereocenters. The molecular weight excluding hydrogens is 226 g/mol. The van der Waals surface area contributed by atoms with Crippen molar-refractivity contribution >= 4 is 5.65 Å². The lowest BCUT2D eigenvalue weighted by atomic mass is 10.1. The highest BCUT2D eigenvalue weighted by atomic mass is 16.1. The number of fused-ring (bicyclic) bond motifs is 1. The van der Waals surface area contributed by atoms with Crippen molar-refractivity contribution in [2.75, 3.05) is 13.1 Å². The normalized spacial score (nSPS) is 20.8. The number of hydrogen-bond acceptors (Lipinski definition) is 2. The van der Waals surface area contributed by atoms with E-state index in [1.807, 2.05) is 12.3 Å². The minimum atomic E-state index is 0.0359. The average Bonchev–Trinajstić information content (AvgIpc) is 2.96. The molecule has 1 saturated heterocycles. The van der Waals surface area contributed by atoms with Crippen LogP contribution in [-0.4, -0.2) is 33.4 Å². The van der Waals surface area contributed by atoms with Crippen molar-refractivity contribution in [3.8, 4) is 0 Å². The van der Waals surface area contributed by atoms with Gasteiger partial charge in [-0.2, -0.15) is 0 Å². The maximum Gasteiger partial charge on any atom is 0.256 e. The Hall–Kier alpha value is -1.55. The van der Waals surface area contributed by atoms with Crippen molar-refractivity contribution in [3.05, 3.63) is 40.4 Å². The molecule has 1 atom stereocenters. The van der Waals surface area contributed by atoms with Gasteiger partial charge in [0.15, 0.2) is 0 Å². The Morgan fingerprint density at radius 2 is 2.33 bits per heavy atom. The number of imidazole rings is 1. The highest BCUT2D eigenvalue weighted by Crippen LogP contribution is 2.20. The Morgan fingerprint density at radius 1 is 1.44 bits per heavy atom. The Bertz CT molecular complexity index is 598. The quantitative estimate of drug-likeness (QED) is 0.893. The maximum atomic E-state index is 11.7.